The summed E-state index contributed by atoms with van der Waals surface area (Å²) in [5.41, 5.74) is 2.88. The first-order valence-corrected chi connectivity index (χ1v) is 4.81. The highest BCUT2D eigenvalue weighted by atomic mass is 16.1. The van der Waals surface area contributed by atoms with Crippen LogP contribution in [-0.4, -0.2) is 9.97 Å². The summed E-state index contributed by atoms with van der Waals surface area (Å²) >= 11 is 0. The summed E-state index contributed by atoms with van der Waals surface area (Å²) in [6, 6.07) is 0. The molecule has 0 fully saturated rings. The minimum Gasteiger partial charge on any atom is -0.313 e. The van der Waals surface area contributed by atoms with Crippen LogP contribution in [0.2, 0.25) is 0 Å². The van der Waals surface area contributed by atoms with E-state index in [1.165, 1.54) is 6.33 Å². The van der Waals surface area contributed by atoms with Crippen LogP contribution in [0.15, 0.2) is 29.3 Å². The summed E-state index contributed by atoms with van der Waals surface area (Å²) in [7, 11) is 0. The third-order valence-electron chi connectivity index (χ3n) is 2.93. The second-order valence-corrected chi connectivity index (χ2v) is 3.71. The quantitative estimate of drug-likeness (QED) is 0.663. The van der Waals surface area contributed by atoms with E-state index >= 15 is 0 Å². The van der Waals surface area contributed by atoms with Gasteiger partial charge < -0.3 is 4.98 Å². The number of allylic oxidation sites excluding steroid dienone is 4. The minimum absolute atomic E-state index is 0.00495. The molecular formula is C11H10N2O. The van der Waals surface area contributed by atoms with Crippen molar-refractivity contribution in [1.29, 1.82) is 0 Å². The van der Waals surface area contributed by atoms with Gasteiger partial charge in [0.2, 0.25) is 0 Å². The zero-order valence-corrected chi connectivity index (χ0v) is 7.66. The van der Waals surface area contributed by atoms with Gasteiger partial charge in [0.15, 0.2) is 0 Å². The highest BCUT2D eigenvalue weighted by Gasteiger charge is 2.26. The highest BCUT2D eigenvalue weighted by Crippen LogP contribution is 2.36. The molecule has 0 saturated carbocycles. The Hall–Kier alpha value is -1.64. The summed E-state index contributed by atoms with van der Waals surface area (Å²) in [6.45, 7) is 0. The summed E-state index contributed by atoms with van der Waals surface area (Å²) in [5, 5.41) is 0. The second-order valence-electron chi connectivity index (χ2n) is 3.71. The summed E-state index contributed by atoms with van der Waals surface area (Å²) in [6.07, 6.45) is 9.69. The minimum atomic E-state index is -0.00495. The van der Waals surface area contributed by atoms with E-state index in [4.69, 9.17) is 0 Å². The first-order valence-electron chi connectivity index (χ1n) is 4.81. The average Bonchev–Trinajstić information content (AvgIpc) is 2.65. The number of aryl methyl sites for hydroxylation is 1. The number of aromatic nitrogens is 2. The maximum atomic E-state index is 11.6. The van der Waals surface area contributed by atoms with E-state index in [1.807, 2.05) is 12.2 Å². The fourth-order valence-electron chi connectivity index (χ4n) is 2.26. The average molecular weight is 186 g/mol. The molecule has 0 spiro atoms. The molecule has 70 valence electrons. The zero-order chi connectivity index (χ0) is 9.54. The number of nitrogens with zero attached hydrogens (tertiary/aromatic N) is 1. The van der Waals surface area contributed by atoms with Crippen molar-refractivity contribution >= 4 is 5.57 Å². The van der Waals surface area contributed by atoms with Crippen LogP contribution in [0, 0.1) is 5.92 Å². The van der Waals surface area contributed by atoms with Crippen LogP contribution in [-0.2, 0) is 6.42 Å². The van der Waals surface area contributed by atoms with Crippen LogP contribution in [0.5, 0.6) is 0 Å². The van der Waals surface area contributed by atoms with E-state index in [0.717, 1.165) is 29.7 Å². The molecule has 2 aliphatic carbocycles. The smallest absolute Gasteiger partial charge is 0.258 e. The summed E-state index contributed by atoms with van der Waals surface area (Å²) in [5.74, 6) is 0.438. The van der Waals surface area contributed by atoms with Crippen LogP contribution >= 0.6 is 0 Å². The number of H-pyrrole nitrogens is 1. The molecule has 1 N–H and O–H groups in total. The largest absolute Gasteiger partial charge is 0.313 e. The van der Waals surface area contributed by atoms with E-state index < -0.39 is 0 Å². The second kappa shape index (κ2) is 2.67. The lowest BCUT2D eigenvalue weighted by Gasteiger charge is -2.20. The normalized spacial score (nSPS) is 22.9. The van der Waals surface area contributed by atoms with Gasteiger partial charge in [0, 0.05) is 5.92 Å². The van der Waals surface area contributed by atoms with Crippen molar-refractivity contribution in [1.82, 2.24) is 9.97 Å². The third-order valence-corrected chi connectivity index (χ3v) is 2.93. The van der Waals surface area contributed by atoms with Gasteiger partial charge >= 0.3 is 0 Å². The number of hydrogen-bond donors (Lipinski definition) is 1. The predicted octanol–water partition coefficient (Wildman–Crippen LogP) is 1.29. The summed E-state index contributed by atoms with van der Waals surface area (Å²) < 4.78 is 0. The first kappa shape index (κ1) is 7.74. The SMILES string of the molecule is O=c1[nH]cnc2c1C1=CC=CC1CC2. The zero-order valence-electron chi connectivity index (χ0n) is 7.66. The Morgan fingerprint density at radius 1 is 1.50 bits per heavy atom. The maximum Gasteiger partial charge on any atom is 0.258 e. The van der Waals surface area contributed by atoms with Gasteiger partial charge in [-0.05, 0) is 18.4 Å². The molecule has 0 radical (unpaired) electrons. The molecule has 1 atom stereocenters. The number of nitrogens with one attached hydrogen (secondary N) is 1. The van der Waals surface area contributed by atoms with Crippen molar-refractivity contribution in [3.05, 3.63) is 46.2 Å². The van der Waals surface area contributed by atoms with Crippen molar-refractivity contribution in [3.63, 3.8) is 0 Å². The van der Waals surface area contributed by atoms with E-state index in [0.29, 0.717) is 5.92 Å². The number of aromatic amines is 1. The lowest BCUT2D eigenvalue weighted by atomic mass is 9.84. The van der Waals surface area contributed by atoms with E-state index in [1.54, 1.807) is 0 Å². The fourth-order valence-corrected chi connectivity index (χ4v) is 2.26. The van der Waals surface area contributed by atoms with E-state index in [9.17, 15) is 4.79 Å². The summed E-state index contributed by atoms with van der Waals surface area (Å²) in [4.78, 5) is 18.5. The monoisotopic (exact) mass is 186 g/mol. The molecule has 0 amide bonds. The molecule has 1 aromatic rings. The van der Waals surface area contributed by atoms with Crippen molar-refractivity contribution in [2.75, 3.05) is 0 Å². The van der Waals surface area contributed by atoms with Gasteiger partial charge in [0.1, 0.15) is 0 Å². The predicted molar refractivity (Wildman–Crippen MR) is 53.8 cm³/mol. The van der Waals surface area contributed by atoms with Crippen LogP contribution in [0.25, 0.3) is 5.57 Å². The molecule has 3 nitrogen and oxygen atoms in total. The molecular weight excluding hydrogens is 176 g/mol. The van der Waals surface area contributed by atoms with Gasteiger partial charge in [-0.25, -0.2) is 4.98 Å². The van der Waals surface area contributed by atoms with Gasteiger partial charge in [0.05, 0.1) is 17.6 Å². The number of rotatable bonds is 0. The number of hydrogen-bond acceptors (Lipinski definition) is 2. The molecule has 0 saturated heterocycles. The Morgan fingerprint density at radius 3 is 3.36 bits per heavy atom. The lowest BCUT2D eigenvalue weighted by molar-refractivity contribution is 0.682. The van der Waals surface area contributed by atoms with Gasteiger partial charge in [-0.3, -0.25) is 4.79 Å². The van der Waals surface area contributed by atoms with Crippen molar-refractivity contribution in [3.8, 4) is 0 Å². The van der Waals surface area contributed by atoms with Crippen molar-refractivity contribution in [2.45, 2.75) is 12.8 Å². The topological polar surface area (TPSA) is 45.8 Å². The van der Waals surface area contributed by atoms with Gasteiger partial charge in [-0.1, -0.05) is 18.2 Å². The Balaban J connectivity index is 2.28. The molecule has 0 bridgehead atoms. The van der Waals surface area contributed by atoms with Crippen LogP contribution in [0.4, 0.5) is 0 Å². The van der Waals surface area contributed by atoms with Gasteiger partial charge in [0.25, 0.3) is 5.56 Å². The van der Waals surface area contributed by atoms with Crippen LogP contribution in [0.3, 0.4) is 0 Å². The Kier molecular flexibility index (Phi) is 1.48. The molecule has 1 unspecified atom stereocenters. The molecule has 1 aromatic heterocycles. The molecule has 0 aliphatic heterocycles. The molecule has 0 aromatic carbocycles. The van der Waals surface area contributed by atoms with Crippen LogP contribution in [0.1, 0.15) is 17.7 Å². The fraction of sp³-hybridized carbons (Fsp3) is 0.273. The van der Waals surface area contributed by atoms with E-state index in [-0.39, 0.29) is 5.56 Å². The standard InChI is InChI=1S/C11H10N2O/c14-11-10-8-3-1-2-7(8)4-5-9(10)12-6-13-11/h1-3,6-7H,4-5H2,(H,12,13,14). The molecule has 2 aliphatic rings. The highest BCUT2D eigenvalue weighted by molar-refractivity contribution is 5.75. The lowest BCUT2D eigenvalue weighted by Crippen LogP contribution is -2.22. The van der Waals surface area contributed by atoms with Gasteiger partial charge in [-0.2, -0.15) is 0 Å². The Labute approximate surface area is 81.2 Å². The Morgan fingerprint density at radius 2 is 2.43 bits per heavy atom. The number of fused-ring (bicyclic) bond motifs is 3. The molecule has 14 heavy (non-hydrogen) atoms. The molecule has 1 heterocycles. The van der Waals surface area contributed by atoms with Crippen molar-refractivity contribution in [2.24, 2.45) is 5.92 Å². The van der Waals surface area contributed by atoms with Crippen LogP contribution < -0.4 is 5.56 Å². The molecule has 3 rings (SSSR count). The first-order chi connectivity index (χ1) is 6.86. The van der Waals surface area contributed by atoms with Crippen molar-refractivity contribution < 1.29 is 0 Å². The van der Waals surface area contributed by atoms with Gasteiger partial charge in [-0.15, -0.1) is 0 Å². The van der Waals surface area contributed by atoms with E-state index in [2.05, 4.69) is 16.0 Å². The Bertz CT molecular complexity index is 496. The molecule has 3 heteroatoms. The third kappa shape index (κ3) is 0.923. The maximum absolute atomic E-state index is 11.6.